The maximum absolute atomic E-state index is 13.2. The van der Waals surface area contributed by atoms with Gasteiger partial charge in [-0.25, -0.2) is 0 Å². The van der Waals surface area contributed by atoms with Crippen LogP contribution >= 0.6 is 27.5 Å². The Morgan fingerprint density at radius 1 is 1.13 bits per heavy atom. The minimum atomic E-state index is -0.534. The summed E-state index contributed by atoms with van der Waals surface area (Å²) in [6, 6.07) is 15.1. The van der Waals surface area contributed by atoms with Gasteiger partial charge in [0, 0.05) is 28.5 Å². The largest absolute Gasteiger partial charge is 0.352 e. The van der Waals surface area contributed by atoms with E-state index in [1.807, 2.05) is 55.5 Å². The number of rotatable bonds is 8. The zero-order chi connectivity index (χ0) is 21.5. The van der Waals surface area contributed by atoms with E-state index in [-0.39, 0.29) is 17.9 Å². The maximum Gasteiger partial charge on any atom is 0.242 e. The third-order valence-corrected chi connectivity index (χ3v) is 6.60. The van der Waals surface area contributed by atoms with Crippen LogP contribution in [0.25, 0.3) is 0 Å². The number of aryl methyl sites for hydroxylation is 1. The van der Waals surface area contributed by atoms with Gasteiger partial charge in [0.1, 0.15) is 6.04 Å². The average molecular weight is 492 g/mol. The van der Waals surface area contributed by atoms with E-state index in [1.54, 1.807) is 4.90 Å². The molecular weight excluding hydrogens is 464 g/mol. The Bertz CT molecular complexity index is 866. The number of amides is 2. The molecule has 6 heteroatoms. The van der Waals surface area contributed by atoms with E-state index < -0.39 is 6.04 Å². The minimum Gasteiger partial charge on any atom is -0.352 e. The fourth-order valence-corrected chi connectivity index (χ4v) is 4.34. The van der Waals surface area contributed by atoms with Gasteiger partial charge >= 0.3 is 0 Å². The van der Waals surface area contributed by atoms with Crippen LogP contribution in [-0.4, -0.2) is 28.8 Å². The smallest absolute Gasteiger partial charge is 0.242 e. The van der Waals surface area contributed by atoms with Gasteiger partial charge in [-0.3, -0.25) is 9.59 Å². The molecule has 0 spiro atoms. The standard InChI is InChI=1S/C24H28BrClN2O2/c1-17(24(30)27-21-7-3-4-8-21)28(16-18-10-13-20(25)14-11-18)23(29)15-12-19-6-2-5-9-22(19)26/h2,5-6,9-11,13-14,17,21H,3-4,7-8,12,15-16H2,1H3,(H,27,30)/t17-/m1/s1. The number of carbonyl (C=O) groups excluding carboxylic acids is 2. The van der Waals surface area contributed by atoms with Crippen molar-refractivity contribution in [3.05, 3.63) is 69.2 Å². The minimum absolute atomic E-state index is 0.0492. The van der Waals surface area contributed by atoms with Gasteiger partial charge in [0.15, 0.2) is 0 Å². The van der Waals surface area contributed by atoms with E-state index in [0.29, 0.717) is 24.4 Å². The lowest BCUT2D eigenvalue weighted by Gasteiger charge is -2.30. The zero-order valence-corrected chi connectivity index (χ0v) is 19.6. The van der Waals surface area contributed by atoms with Crippen LogP contribution in [0.5, 0.6) is 0 Å². The summed E-state index contributed by atoms with van der Waals surface area (Å²) in [7, 11) is 0. The van der Waals surface area contributed by atoms with Gasteiger partial charge in [-0.05, 0) is 55.5 Å². The van der Waals surface area contributed by atoms with Crippen LogP contribution in [0.4, 0.5) is 0 Å². The van der Waals surface area contributed by atoms with E-state index in [0.717, 1.165) is 41.3 Å². The van der Waals surface area contributed by atoms with E-state index >= 15 is 0 Å². The second-order valence-electron chi connectivity index (χ2n) is 7.91. The Hall–Kier alpha value is -1.85. The molecule has 0 heterocycles. The van der Waals surface area contributed by atoms with Crippen molar-refractivity contribution in [1.82, 2.24) is 10.2 Å². The van der Waals surface area contributed by atoms with Crippen molar-refractivity contribution in [3.8, 4) is 0 Å². The number of nitrogens with one attached hydrogen (secondary N) is 1. The van der Waals surface area contributed by atoms with Crippen molar-refractivity contribution >= 4 is 39.3 Å². The number of nitrogens with zero attached hydrogens (tertiary/aromatic N) is 1. The number of halogens is 2. The molecule has 1 atom stereocenters. The molecule has 2 aromatic carbocycles. The molecule has 4 nitrogen and oxygen atoms in total. The molecule has 0 radical (unpaired) electrons. The fraction of sp³-hybridized carbons (Fsp3) is 0.417. The number of hydrogen-bond donors (Lipinski definition) is 1. The van der Waals surface area contributed by atoms with Crippen LogP contribution in [0.1, 0.15) is 50.2 Å². The lowest BCUT2D eigenvalue weighted by molar-refractivity contribution is -0.140. The quantitative estimate of drug-likeness (QED) is 0.529. The monoisotopic (exact) mass is 490 g/mol. The molecule has 0 aromatic heterocycles. The van der Waals surface area contributed by atoms with Crippen LogP contribution in [0.2, 0.25) is 5.02 Å². The van der Waals surface area contributed by atoms with Gasteiger partial charge in [-0.2, -0.15) is 0 Å². The summed E-state index contributed by atoms with van der Waals surface area (Å²) >= 11 is 9.69. The zero-order valence-electron chi connectivity index (χ0n) is 17.2. The highest BCUT2D eigenvalue weighted by Crippen LogP contribution is 2.21. The highest BCUT2D eigenvalue weighted by molar-refractivity contribution is 9.10. The molecule has 3 rings (SSSR count). The SMILES string of the molecule is C[C@H](C(=O)NC1CCCC1)N(Cc1ccc(Br)cc1)C(=O)CCc1ccccc1Cl. The molecule has 160 valence electrons. The summed E-state index contributed by atoms with van der Waals surface area (Å²) in [6.45, 7) is 2.21. The molecule has 2 amide bonds. The first-order valence-corrected chi connectivity index (χ1v) is 11.7. The van der Waals surface area contributed by atoms with Crippen molar-refractivity contribution in [1.29, 1.82) is 0 Å². The van der Waals surface area contributed by atoms with Crippen molar-refractivity contribution < 1.29 is 9.59 Å². The second-order valence-corrected chi connectivity index (χ2v) is 9.23. The number of carbonyl (C=O) groups is 2. The van der Waals surface area contributed by atoms with Crippen molar-refractivity contribution in [2.24, 2.45) is 0 Å². The molecule has 2 aromatic rings. The normalized spacial score (nSPS) is 15.0. The molecule has 0 aliphatic heterocycles. The van der Waals surface area contributed by atoms with Gasteiger partial charge in [0.2, 0.25) is 11.8 Å². The topological polar surface area (TPSA) is 49.4 Å². The molecule has 1 fully saturated rings. The summed E-state index contributed by atoms with van der Waals surface area (Å²) in [5.41, 5.74) is 1.93. The highest BCUT2D eigenvalue weighted by atomic mass is 79.9. The molecule has 1 aliphatic rings. The third-order valence-electron chi connectivity index (χ3n) is 5.70. The van der Waals surface area contributed by atoms with Gasteiger partial charge < -0.3 is 10.2 Å². The Morgan fingerprint density at radius 2 is 1.80 bits per heavy atom. The lowest BCUT2D eigenvalue weighted by Crippen LogP contribution is -2.49. The molecular formula is C24H28BrClN2O2. The highest BCUT2D eigenvalue weighted by Gasteiger charge is 2.28. The van der Waals surface area contributed by atoms with E-state index in [2.05, 4.69) is 21.2 Å². The molecule has 1 saturated carbocycles. The van der Waals surface area contributed by atoms with Gasteiger partial charge in [-0.15, -0.1) is 0 Å². The molecule has 0 unspecified atom stereocenters. The van der Waals surface area contributed by atoms with E-state index in [4.69, 9.17) is 11.6 Å². The first-order chi connectivity index (χ1) is 14.4. The van der Waals surface area contributed by atoms with Gasteiger partial charge in [0.25, 0.3) is 0 Å². The second kappa shape index (κ2) is 11.0. The number of benzene rings is 2. The summed E-state index contributed by atoms with van der Waals surface area (Å²) in [4.78, 5) is 27.7. The lowest BCUT2D eigenvalue weighted by atomic mass is 10.1. The van der Waals surface area contributed by atoms with E-state index in [9.17, 15) is 9.59 Å². The van der Waals surface area contributed by atoms with Gasteiger partial charge in [0.05, 0.1) is 0 Å². The van der Waals surface area contributed by atoms with Crippen molar-refractivity contribution in [2.75, 3.05) is 0 Å². The average Bonchev–Trinajstić information content (AvgIpc) is 3.25. The summed E-state index contributed by atoms with van der Waals surface area (Å²) in [5.74, 6) is -0.128. The Labute approximate surface area is 192 Å². The Balaban J connectivity index is 1.71. The first-order valence-electron chi connectivity index (χ1n) is 10.5. The van der Waals surface area contributed by atoms with Crippen LogP contribution in [0.3, 0.4) is 0 Å². The van der Waals surface area contributed by atoms with Crippen molar-refractivity contribution in [3.63, 3.8) is 0 Å². The van der Waals surface area contributed by atoms with Gasteiger partial charge in [-0.1, -0.05) is 70.7 Å². The first kappa shape index (κ1) is 22.8. The van der Waals surface area contributed by atoms with Crippen LogP contribution in [-0.2, 0) is 22.6 Å². The fourth-order valence-electron chi connectivity index (χ4n) is 3.85. The van der Waals surface area contributed by atoms with Crippen LogP contribution < -0.4 is 5.32 Å². The number of hydrogen-bond acceptors (Lipinski definition) is 2. The Kier molecular flexibility index (Phi) is 8.34. The molecule has 0 saturated heterocycles. The predicted molar refractivity (Wildman–Crippen MR) is 124 cm³/mol. The van der Waals surface area contributed by atoms with E-state index in [1.165, 1.54) is 0 Å². The predicted octanol–water partition coefficient (Wildman–Crippen LogP) is 5.51. The third kappa shape index (κ3) is 6.32. The molecule has 1 aliphatic carbocycles. The molecule has 30 heavy (non-hydrogen) atoms. The summed E-state index contributed by atoms with van der Waals surface area (Å²) in [5, 5.41) is 3.79. The summed E-state index contributed by atoms with van der Waals surface area (Å²) < 4.78 is 0.981. The molecule has 1 N–H and O–H groups in total. The van der Waals surface area contributed by atoms with Crippen LogP contribution in [0, 0.1) is 0 Å². The van der Waals surface area contributed by atoms with Crippen molar-refractivity contribution in [2.45, 2.75) is 64.1 Å². The molecule has 0 bridgehead atoms. The summed E-state index contributed by atoms with van der Waals surface area (Å²) in [6.07, 6.45) is 5.20. The van der Waals surface area contributed by atoms with Crippen LogP contribution in [0.15, 0.2) is 53.0 Å². The maximum atomic E-state index is 13.2. The Morgan fingerprint density at radius 3 is 2.47 bits per heavy atom.